The van der Waals surface area contributed by atoms with Gasteiger partial charge in [0.2, 0.25) is 5.71 Å². The minimum atomic E-state index is 0.579. The van der Waals surface area contributed by atoms with Gasteiger partial charge in [-0.25, -0.2) is 4.98 Å². The molecule has 51 heavy (non-hydrogen) atoms. The normalized spacial score (nSPS) is 11.9. The van der Waals surface area contributed by atoms with Crippen LogP contribution in [0.25, 0.3) is 99.7 Å². The second-order valence-corrected chi connectivity index (χ2v) is 13.0. The molecule has 7 aromatic carbocycles. The number of hydrogen-bond donors (Lipinski definition) is 0. The number of hydrogen-bond acceptors (Lipinski definition) is 3. The van der Waals surface area contributed by atoms with Crippen LogP contribution >= 0.6 is 0 Å². The van der Waals surface area contributed by atoms with E-state index in [-0.39, 0.29) is 0 Å². The summed E-state index contributed by atoms with van der Waals surface area (Å²) in [4.78, 5) is 10.5. The summed E-state index contributed by atoms with van der Waals surface area (Å²) in [7, 11) is 0. The topological polar surface area (TPSA) is 48.8 Å². The molecule has 0 saturated carbocycles. The number of aromatic nitrogens is 4. The molecule has 0 fully saturated rings. The van der Waals surface area contributed by atoms with Crippen LogP contribution in [-0.2, 0) is 0 Å². The van der Waals surface area contributed by atoms with Crippen LogP contribution in [0.1, 0.15) is 0 Å². The molecule has 0 bridgehead atoms. The van der Waals surface area contributed by atoms with E-state index in [0.717, 1.165) is 66.5 Å². The Morgan fingerprint density at radius 1 is 0.392 bits per heavy atom. The Hall–Kier alpha value is -6.98. The number of nitrogens with zero attached hydrogens (tertiary/aromatic N) is 4. The van der Waals surface area contributed by atoms with Crippen LogP contribution in [0.4, 0.5) is 0 Å². The highest BCUT2D eigenvalue weighted by molar-refractivity contribution is 6.14. The van der Waals surface area contributed by atoms with Gasteiger partial charge in [-0.05, 0) is 72.8 Å². The van der Waals surface area contributed by atoms with Crippen molar-refractivity contribution in [2.24, 2.45) is 0 Å². The second-order valence-electron chi connectivity index (χ2n) is 13.0. The quantitative estimate of drug-likeness (QED) is 0.190. The van der Waals surface area contributed by atoms with Crippen molar-refractivity contribution < 1.29 is 4.42 Å². The second kappa shape index (κ2) is 10.8. The summed E-state index contributed by atoms with van der Waals surface area (Å²) in [5.41, 5.74) is 11.0. The van der Waals surface area contributed by atoms with Gasteiger partial charge in [0.05, 0.1) is 33.1 Å². The fourth-order valence-electron chi connectivity index (χ4n) is 7.90. The molecule has 0 aliphatic rings. The lowest BCUT2D eigenvalue weighted by Gasteiger charge is -2.10. The maximum Gasteiger partial charge on any atom is 0.231 e. The maximum absolute atomic E-state index is 6.46. The van der Waals surface area contributed by atoms with Crippen LogP contribution in [0.15, 0.2) is 174 Å². The zero-order chi connectivity index (χ0) is 33.5. The number of para-hydroxylation sites is 5. The molecule has 5 nitrogen and oxygen atoms in total. The van der Waals surface area contributed by atoms with Crippen LogP contribution < -0.4 is 0 Å². The van der Waals surface area contributed by atoms with Gasteiger partial charge < -0.3 is 13.6 Å². The first-order chi connectivity index (χ1) is 25.3. The number of furan rings is 1. The smallest absolute Gasteiger partial charge is 0.231 e. The first-order valence-corrected chi connectivity index (χ1v) is 17.2. The molecule has 0 aliphatic carbocycles. The van der Waals surface area contributed by atoms with E-state index in [9.17, 15) is 0 Å². The fraction of sp³-hybridized carbons (Fsp3) is 0. The van der Waals surface area contributed by atoms with Crippen molar-refractivity contribution in [3.63, 3.8) is 0 Å². The molecular formula is C46H28N4O. The van der Waals surface area contributed by atoms with E-state index in [4.69, 9.17) is 14.4 Å². The first kappa shape index (κ1) is 27.9. The van der Waals surface area contributed by atoms with Crippen LogP contribution in [0, 0.1) is 0 Å². The third kappa shape index (κ3) is 4.15. The summed E-state index contributed by atoms with van der Waals surface area (Å²) >= 11 is 0. The van der Waals surface area contributed by atoms with Gasteiger partial charge in [0.1, 0.15) is 5.58 Å². The Morgan fingerprint density at radius 3 is 1.51 bits per heavy atom. The summed E-state index contributed by atoms with van der Waals surface area (Å²) < 4.78 is 11.1. The van der Waals surface area contributed by atoms with Crippen molar-refractivity contribution >= 4 is 65.7 Å². The van der Waals surface area contributed by atoms with Gasteiger partial charge in [0.15, 0.2) is 5.82 Å². The third-order valence-corrected chi connectivity index (χ3v) is 10.1. The molecule has 238 valence electrons. The maximum atomic E-state index is 6.46. The summed E-state index contributed by atoms with van der Waals surface area (Å²) in [6.07, 6.45) is 0. The monoisotopic (exact) mass is 652 g/mol. The molecule has 11 rings (SSSR count). The summed E-state index contributed by atoms with van der Waals surface area (Å²) in [6, 6.07) is 59.6. The molecule has 0 N–H and O–H groups in total. The van der Waals surface area contributed by atoms with Crippen molar-refractivity contribution in [2.75, 3.05) is 0 Å². The lowest BCUT2D eigenvalue weighted by molar-refractivity contribution is 0.653. The molecule has 0 amide bonds. The zero-order valence-electron chi connectivity index (χ0n) is 27.4. The van der Waals surface area contributed by atoms with Gasteiger partial charge in [0.25, 0.3) is 0 Å². The third-order valence-electron chi connectivity index (χ3n) is 10.1. The van der Waals surface area contributed by atoms with Crippen LogP contribution in [0.5, 0.6) is 0 Å². The van der Waals surface area contributed by atoms with Crippen molar-refractivity contribution in [1.29, 1.82) is 0 Å². The van der Waals surface area contributed by atoms with Crippen LogP contribution in [0.3, 0.4) is 0 Å². The first-order valence-electron chi connectivity index (χ1n) is 17.2. The van der Waals surface area contributed by atoms with E-state index in [1.54, 1.807) is 0 Å². The molecule has 5 heteroatoms. The van der Waals surface area contributed by atoms with Crippen molar-refractivity contribution in [3.8, 4) is 34.0 Å². The number of rotatable bonds is 4. The summed E-state index contributed by atoms with van der Waals surface area (Å²) in [5.74, 6) is 0.627. The Balaban J connectivity index is 1.17. The van der Waals surface area contributed by atoms with E-state index in [1.807, 2.05) is 18.2 Å². The van der Waals surface area contributed by atoms with Gasteiger partial charge in [0, 0.05) is 49.4 Å². The van der Waals surface area contributed by atoms with Crippen LogP contribution in [-0.4, -0.2) is 19.1 Å². The summed E-state index contributed by atoms with van der Waals surface area (Å²) in [5, 5.41) is 6.62. The number of fused-ring (bicyclic) bond motifs is 9. The van der Waals surface area contributed by atoms with E-state index in [0.29, 0.717) is 11.5 Å². The molecule has 0 saturated heterocycles. The molecular weight excluding hydrogens is 625 g/mol. The van der Waals surface area contributed by atoms with Gasteiger partial charge >= 0.3 is 0 Å². The van der Waals surface area contributed by atoms with E-state index in [2.05, 4.69) is 161 Å². The Bertz CT molecular complexity index is 3130. The minimum Gasteiger partial charge on any atom is -0.438 e. The highest BCUT2D eigenvalue weighted by Gasteiger charge is 2.21. The average molecular weight is 653 g/mol. The SMILES string of the molecule is c1ccc(-n2c3ccccc3c3cc(-c4nc(-c5ccc6c(c5)c5ccccc5n6-c5ccccc5)c5c(n4)oc4ccccc45)ccc32)cc1. The molecule has 0 unspecified atom stereocenters. The minimum absolute atomic E-state index is 0.579. The molecule has 4 aromatic heterocycles. The van der Waals surface area contributed by atoms with Gasteiger partial charge in [-0.3, -0.25) is 0 Å². The molecule has 4 heterocycles. The molecule has 0 radical (unpaired) electrons. The van der Waals surface area contributed by atoms with Crippen molar-refractivity contribution in [2.45, 2.75) is 0 Å². The molecule has 0 spiro atoms. The largest absolute Gasteiger partial charge is 0.438 e. The Labute approximate surface area is 292 Å². The van der Waals surface area contributed by atoms with E-state index in [1.165, 1.54) is 21.7 Å². The lowest BCUT2D eigenvalue weighted by atomic mass is 10.0. The van der Waals surface area contributed by atoms with E-state index >= 15 is 0 Å². The van der Waals surface area contributed by atoms with Crippen molar-refractivity contribution in [1.82, 2.24) is 19.1 Å². The highest BCUT2D eigenvalue weighted by Crippen LogP contribution is 2.41. The Kier molecular flexibility index (Phi) is 5.89. The van der Waals surface area contributed by atoms with E-state index < -0.39 is 0 Å². The fourth-order valence-corrected chi connectivity index (χ4v) is 7.90. The highest BCUT2D eigenvalue weighted by atomic mass is 16.3. The molecule has 0 aliphatic heterocycles. The van der Waals surface area contributed by atoms with Crippen molar-refractivity contribution in [3.05, 3.63) is 170 Å². The van der Waals surface area contributed by atoms with Gasteiger partial charge in [-0.1, -0.05) is 97.1 Å². The zero-order valence-corrected chi connectivity index (χ0v) is 27.4. The predicted molar refractivity (Wildman–Crippen MR) is 209 cm³/mol. The Morgan fingerprint density at radius 2 is 0.882 bits per heavy atom. The van der Waals surface area contributed by atoms with Crippen LogP contribution in [0.2, 0.25) is 0 Å². The predicted octanol–water partition coefficient (Wildman–Crippen LogP) is 11.9. The van der Waals surface area contributed by atoms with Gasteiger partial charge in [-0.2, -0.15) is 4.98 Å². The average Bonchev–Trinajstić information content (AvgIpc) is 3.85. The van der Waals surface area contributed by atoms with Gasteiger partial charge in [-0.15, -0.1) is 0 Å². The number of benzene rings is 7. The summed E-state index contributed by atoms with van der Waals surface area (Å²) in [6.45, 7) is 0. The standard InChI is InChI=1S/C46H28N4O/c1-3-13-31(14-4-1)49-38-20-10-7-17-33(38)36-27-29(23-25-40(36)49)44-43-35-19-9-12-22-42(35)51-46(43)48-45(47-44)30-24-26-41-37(28-30)34-18-8-11-21-39(34)50(41)32-15-5-2-6-16-32/h1-28H. The molecule has 0 atom stereocenters. The molecule has 11 aromatic rings. The lowest BCUT2D eigenvalue weighted by Crippen LogP contribution is -1.95.